The number of hydrogen-bond donors (Lipinski definition) is 1. The first-order valence-corrected chi connectivity index (χ1v) is 10.6. The summed E-state index contributed by atoms with van der Waals surface area (Å²) in [6.07, 6.45) is 1.75. The summed E-state index contributed by atoms with van der Waals surface area (Å²) < 4.78 is 5.83. The molecule has 0 saturated heterocycles. The van der Waals surface area contributed by atoms with Crippen molar-refractivity contribution < 1.29 is 9.53 Å². The molecule has 0 atom stereocenters. The van der Waals surface area contributed by atoms with E-state index in [1.807, 2.05) is 53.9 Å². The van der Waals surface area contributed by atoms with Gasteiger partial charge in [-0.05, 0) is 53.8 Å². The second-order valence-corrected chi connectivity index (χ2v) is 7.89. The van der Waals surface area contributed by atoms with Crippen molar-refractivity contribution in [2.75, 3.05) is 0 Å². The van der Waals surface area contributed by atoms with E-state index in [1.54, 1.807) is 6.20 Å². The Balaban J connectivity index is 1.39. The number of amides is 1. The van der Waals surface area contributed by atoms with E-state index in [2.05, 4.69) is 41.5 Å². The largest absolute Gasteiger partial charge is 0.487 e. The van der Waals surface area contributed by atoms with Crippen LogP contribution in [0.3, 0.4) is 0 Å². The highest BCUT2D eigenvalue weighted by Gasteiger charge is 2.14. The van der Waals surface area contributed by atoms with Gasteiger partial charge in [0, 0.05) is 18.3 Å². The van der Waals surface area contributed by atoms with E-state index in [-0.39, 0.29) is 5.91 Å². The molecule has 1 N–H and O–H groups in total. The summed E-state index contributed by atoms with van der Waals surface area (Å²) in [5, 5.41) is 4.98. The molecule has 0 aliphatic heterocycles. The highest BCUT2D eigenvalue weighted by Crippen LogP contribution is 2.28. The summed E-state index contributed by atoms with van der Waals surface area (Å²) in [6.45, 7) is 2.90. The van der Waals surface area contributed by atoms with Crippen LogP contribution in [0.4, 0.5) is 0 Å². The van der Waals surface area contributed by atoms with Crippen molar-refractivity contribution in [3.8, 4) is 16.9 Å². The number of hydrogen-bond acceptors (Lipinski definition) is 4. The van der Waals surface area contributed by atoms with Crippen LogP contribution in [0, 0.1) is 6.92 Å². The van der Waals surface area contributed by atoms with Crippen LogP contribution in [-0.4, -0.2) is 10.9 Å². The Labute approximate surface area is 180 Å². The van der Waals surface area contributed by atoms with Crippen molar-refractivity contribution in [2.45, 2.75) is 20.1 Å². The number of carbonyl (C=O) groups is 1. The zero-order valence-electron chi connectivity index (χ0n) is 16.7. The van der Waals surface area contributed by atoms with Crippen LogP contribution >= 0.6 is 11.3 Å². The van der Waals surface area contributed by atoms with Crippen LogP contribution in [0.2, 0.25) is 0 Å². The Morgan fingerprint density at radius 3 is 2.70 bits per heavy atom. The molecule has 4 nitrogen and oxygen atoms in total. The minimum absolute atomic E-state index is 0.0691. The Hall–Kier alpha value is -3.44. The summed E-state index contributed by atoms with van der Waals surface area (Å²) in [6, 6.07) is 23.7. The van der Waals surface area contributed by atoms with E-state index in [0.29, 0.717) is 13.2 Å². The molecule has 150 valence electrons. The third kappa shape index (κ3) is 4.93. The van der Waals surface area contributed by atoms with Gasteiger partial charge >= 0.3 is 0 Å². The van der Waals surface area contributed by atoms with Crippen LogP contribution in [0.15, 0.2) is 84.4 Å². The molecule has 0 spiro atoms. The lowest BCUT2D eigenvalue weighted by Crippen LogP contribution is -2.22. The van der Waals surface area contributed by atoms with Gasteiger partial charge in [-0.15, -0.1) is 11.3 Å². The molecular formula is C25H22N2O2S. The number of carbonyl (C=O) groups excluding carboxylic acids is 1. The smallest absolute Gasteiger partial charge is 0.262 e. The van der Waals surface area contributed by atoms with E-state index in [0.717, 1.165) is 33.0 Å². The van der Waals surface area contributed by atoms with Gasteiger partial charge in [-0.25, -0.2) is 0 Å². The highest BCUT2D eigenvalue weighted by atomic mass is 32.1. The predicted octanol–water partition coefficient (Wildman–Crippen LogP) is 5.63. The maximum atomic E-state index is 12.8. The van der Waals surface area contributed by atoms with Gasteiger partial charge in [0.15, 0.2) is 0 Å². The minimum atomic E-state index is -0.0691. The first kappa shape index (κ1) is 19.9. The molecule has 30 heavy (non-hydrogen) atoms. The highest BCUT2D eigenvalue weighted by molar-refractivity contribution is 7.12. The molecular weight excluding hydrogens is 392 g/mol. The molecule has 2 aromatic carbocycles. The lowest BCUT2D eigenvalue weighted by molar-refractivity contribution is 0.0955. The van der Waals surface area contributed by atoms with Gasteiger partial charge in [0.1, 0.15) is 12.4 Å². The van der Waals surface area contributed by atoms with Crippen LogP contribution in [0.5, 0.6) is 5.75 Å². The van der Waals surface area contributed by atoms with Gasteiger partial charge in [-0.2, -0.15) is 0 Å². The Morgan fingerprint density at radius 2 is 1.90 bits per heavy atom. The monoisotopic (exact) mass is 414 g/mol. The average molecular weight is 415 g/mol. The van der Waals surface area contributed by atoms with Gasteiger partial charge in [-0.1, -0.05) is 48.0 Å². The van der Waals surface area contributed by atoms with Crippen molar-refractivity contribution in [3.05, 3.63) is 106 Å². The second-order valence-electron chi connectivity index (χ2n) is 6.97. The van der Waals surface area contributed by atoms with Crippen LogP contribution < -0.4 is 10.1 Å². The summed E-state index contributed by atoms with van der Waals surface area (Å²) in [7, 11) is 0. The van der Waals surface area contributed by atoms with E-state index in [9.17, 15) is 4.79 Å². The molecule has 0 aliphatic rings. The molecule has 0 radical (unpaired) electrons. The third-order valence-electron chi connectivity index (χ3n) is 4.70. The SMILES string of the molecule is Cc1ccc(-c2ccsc2C(=O)NCc2cccc(OCc3ccccn3)c2)cc1. The van der Waals surface area contributed by atoms with Crippen molar-refractivity contribution in [1.29, 1.82) is 0 Å². The molecule has 0 aliphatic carbocycles. The predicted molar refractivity (Wildman–Crippen MR) is 121 cm³/mol. The van der Waals surface area contributed by atoms with Gasteiger partial charge < -0.3 is 10.1 Å². The van der Waals surface area contributed by atoms with Gasteiger partial charge in [0.05, 0.1) is 10.6 Å². The number of rotatable bonds is 7. The van der Waals surface area contributed by atoms with E-state index >= 15 is 0 Å². The van der Waals surface area contributed by atoms with Crippen molar-refractivity contribution in [1.82, 2.24) is 10.3 Å². The van der Waals surface area contributed by atoms with Gasteiger partial charge in [0.25, 0.3) is 5.91 Å². The number of benzene rings is 2. The van der Waals surface area contributed by atoms with Gasteiger partial charge in [0.2, 0.25) is 0 Å². The lowest BCUT2D eigenvalue weighted by atomic mass is 10.0. The summed E-state index contributed by atoms with van der Waals surface area (Å²) in [5.74, 6) is 0.684. The molecule has 2 aromatic heterocycles. The first-order valence-electron chi connectivity index (χ1n) is 9.73. The Morgan fingerprint density at radius 1 is 1.03 bits per heavy atom. The molecule has 0 saturated carbocycles. The Bertz CT molecular complexity index is 1120. The van der Waals surface area contributed by atoms with Crippen LogP contribution in [-0.2, 0) is 13.2 Å². The number of thiophene rings is 1. The average Bonchev–Trinajstić information content (AvgIpc) is 3.28. The van der Waals surface area contributed by atoms with Crippen LogP contribution in [0.25, 0.3) is 11.1 Å². The number of nitrogens with zero attached hydrogens (tertiary/aromatic N) is 1. The standard InChI is InChI=1S/C25H22N2O2S/c1-18-8-10-20(11-9-18)23-12-14-30-24(23)25(28)27-16-19-5-4-7-22(15-19)29-17-21-6-2-3-13-26-21/h2-15H,16-17H2,1H3,(H,27,28). The summed E-state index contributed by atoms with van der Waals surface area (Å²) in [4.78, 5) is 17.8. The summed E-state index contributed by atoms with van der Waals surface area (Å²) >= 11 is 1.46. The zero-order chi connectivity index (χ0) is 20.8. The molecule has 5 heteroatoms. The fourth-order valence-corrected chi connectivity index (χ4v) is 3.93. The Kier molecular flexibility index (Phi) is 6.20. The van der Waals surface area contributed by atoms with Gasteiger partial charge in [-0.3, -0.25) is 9.78 Å². The van der Waals surface area contributed by atoms with E-state index in [4.69, 9.17) is 4.74 Å². The number of ether oxygens (including phenoxy) is 1. The fourth-order valence-electron chi connectivity index (χ4n) is 3.09. The molecule has 1 amide bonds. The summed E-state index contributed by atoms with van der Waals surface area (Å²) in [5.41, 5.74) is 5.07. The van der Waals surface area contributed by atoms with Crippen LogP contribution in [0.1, 0.15) is 26.5 Å². The van der Waals surface area contributed by atoms with E-state index < -0.39 is 0 Å². The minimum Gasteiger partial charge on any atom is -0.487 e. The van der Waals surface area contributed by atoms with Crippen molar-refractivity contribution in [3.63, 3.8) is 0 Å². The third-order valence-corrected chi connectivity index (χ3v) is 5.61. The van der Waals surface area contributed by atoms with Crippen molar-refractivity contribution >= 4 is 17.2 Å². The molecule has 4 rings (SSSR count). The molecule has 4 aromatic rings. The maximum absolute atomic E-state index is 12.8. The zero-order valence-corrected chi connectivity index (χ0v) is 17.5. The number of aromatic nitrogens is 1. The quantitative estimate of drug-likeness (QED) is 0.426. The molecule has 0 fully saturated rings. The lowest BCUT2D eigenvalue weighted by Gasteiger charge is -2.09. The normalized spacial score (nSPS) is 10.6. The number of aryl methyl sites for hydroxylation is 1. The fraction of sp³-hybridized carbons (Fsp3) is 0.120. The topological polar surface area (TPSA) is 51.2 Å². The first-order chi connectivity index (χ1) is 14.7. The molecule has 0 unspecified atom stereocenters. The van der Waals surface area contributed by atoms with E-state index in [1.165, 1.54) is 16.9 Å². The van der Waals surface area contributed by atoms with Crippen molar-refractivity contribution in [2.24, 2.45) is 0 Å². The molecule has 0 bridgehead atoms. The maximum Gasteiger partial charge on any atom is 0.262 e. The molecule has 2 heterocycles. The number of nitrogens with one attached hydrogen (secondary N) is 1. The number of pyridine rings is 1. The second kappa shape index (κ2) is 9.37.